The number of hydrogen-bond acceptors (Lipinski definition) is 5. The first-order valence-electron chi connectivity index (χ1n) is 6.01. The van der Waals surface area contributed by atoms with Crippen LogP contribution in [0.25, 0.3) is 5.70 Å². The maximum atomic E-state index is 13.8. The highest BCUT2D eigenvalue weighted by Gasteiger charge is 2.25. The van der Waals surface area contributed by atoms with Crippen LogP contribution in [-0.2, 0) is 0 Å². The summed E-state index contributed by atoms with van der Waals surface area (Å²) in [6.07, 6.45) is 2.69. The lowest BCUT2D eigenvalue weighted by molar-refractivity contribution is 0.104. The van der Waals surface area contributed by atoms with Gasteiger partial charge in [-0.3, -0.25) is 4.79 Å². The molecule has 1 aliphatic heterocycles. The molecule has 21 heavy (non-hydrogen) atoms. The van der Waals surface area contributed by atoms with Gasteiger partial charge in [0.15, 0.2) is 0 Å². The van der Waals surface area contributed by atoms with Crippen molar-refractivity contribution >= 4 is 35.0 Å². The largest absolute Gasteiger partial charge is 0.287 e. The fourth-order valence-corrected chi connectivity index (χ4v) is 4.38. The first kappa shape index (κ1) is 14.3. The molecule has 0 bridgehead atoms. The number of halogens is 2. The summed E-state index contributed by atoms with van der Waals surface area (Å²) < 4.78 is 28.9. The van der Waals surface area contributed by atoms with Gasteiger partial charge in [-0.1, -0.05) is 0 Å². The van der Waals surface area contributed by atoms with Crippen LogP contribution in [0.1, 0.15) is 10.4 Å². The van der Waals surface area contributed by atoms with Crippen molar-refractivity contribution < 1.29 is 13.6 Å². The average molecular weight is 325 g/mol. The summed E-state index contributed by atoms with van der Waals surface area (Å²) in [5.41, 5.74) is 0.0769. The summed E-state index contributed by atoms with van der Waals surface area (Å²) in [5, 5.41) is 3.96. The van der Waals surface area contributed by atoms with E-state index in [4.69, 9.17) is 0 Å². The predicted octanol–water partition coefficient (Wildman–Crippen LogP) is 3.05. The lowest BCUT2D eigenvalue weighted by atomic mass is 10.1. The molecule has 8 heteroatoms. The van der Waals surface area contributed by atoms with Crippen LogP contribution in [0.3, 0.4) is 0 Å². The van der Waals surface area contributed by atoms with Gasteiger partial charge >= 0.3 is 0 Å². The van der Waals surface area contributed by atoms with Crippen LogP contribution in [0.15, 0.2) is 35.1 Å². The van der Waals surface area contributed by atoms with Crippen molar-refractivity contribution in [1.82, 2.24) is 14.8 Å². The van der Waals surface area contributed by atoms with E-state index in [-0.39, 0.29) is 11.3 Å². The summed E-state index contributed by atoms with van der Waals surface area (Å²) in [5.74, 6) is -0.390. The number of aromatic nitrogens is 3. The second-order valence-electron chi connectivity index (χ2n) is 4.13. The molecule has 3 rings (SSSR count). The Morgan fingerprint density at radius 2 is 2.00 bits per heavy atom. The zero-order valence-electron chi connectivity index (χ0n) is 10.6. The Balaban J connectivity index is 2.09. The minimum atomic E-state index is -0.883. The van der Waals surface area contributed by atoms with Gasteiger partial charge in [-0.15, -0.1) is 23.5 Å². The summed E-state index contributed by atoms with van der Waals surface area (Å²) in [6, 6.07) is 2.91. The zero-order valence-corrected chi connectivity index (χ0v) is 12.3. The van der Waals surface area contributed by atoms with Gasteiger partial charge in [0, 0.05) is 17.6 Å². The topological polar surface area (TPSA) is 47.8 Å². The molecule has 0 N–H and O–H groups in total. The average Bonchev–Trinajstić information content (AvgIpc) is 3.12. The Labute approximate surface area is 127 Å². The molecule has 1 aromatic heterocycles. The molecule has 1 saturated heterocycles. The Morgan fingerprint density at radius 1 is 1.24 bits per heavy atom. The molecule has 0 unspecified atom stereocenters. The normalized spacial score (nSPS) is 14.5. The third kappa shape index (κ3) is 2.86. The lowest BCUT2D eigenvalue weighted by Crippen LogP contribution is -2.13. The van der Waals surface area contributed by atoms with Gasteiger partial charge in [0.25, 0.3) is 0 Å². The highest BCUT2D eigenvalue weighted by Crippen LogP contribution is 2.40. The molecular formula is C13H9F2N3OS2. The molecule has 1 aliphatic rings. The molecule has 108 valence electrons. The molecule has 0 spiro atoms. The monoisotopic (exact) mass is 325 g/mol. The van der Waals surface area contributed by atoms with Crippen LogP contribution < -0.4 is 0 Å². The summed E-state index contributed by atoms with van der Waals surface area (Å²) >= 11 is 3.03. The van der Waals surface area contributed by atoms with E-state index in [0.29, 0.717) is 6.07 Å². The molecule has 4 nitrogen and oxygen atoms in total. The van der Waals surface area contributed by atoms with Gasteiger partial charge < -0.3 is 0 Å². The van der Waals surface area contributed by atoms with Crippen molar-refractivity contribution in [2.24, 2.45) is 0 Å². The number of Topliss-reactive ketones (excluding diaryl/α,β-unsaturated/α-hetero) is 1. The third-order valence-corrected chi connectivity index (χ3v) is 5.47. The standard InChI is InChI=1S/C13H9F2N3OS2/c14-8-1-2-9(10(15)5-8)12(19)11(13-20-3-4-21-13)18-7-16-6-17-18/h1-2,5-7H,3-4H2. The molecule has 0 radical (unpaired) electrons. The van der Waals surface area contributed by atoms with Gasteiger partial charge in [0.05, 0.1) is 9.80 Å². The van der Waals surface area contributed by atoms with Crippen LogP contribution in [0.4, 0.5) is 8.78 Å². The van der Waals surface area contributed by atoms with Crippen molar-refractivity contribution in [3.05, 3.63) is 52.3 Å². The summed E-state index contributed by atoms with van der Waals surface area (Å²) in [6.45, 7) is 0. The van der Waals surface area contributed by atoms with E-state index in [1.807, 2.05) is 0 Å². The van der Waals surface area contributed by atoms with E-state index < -0.39 is 17.4 Å². The van der Waals surface area contributed by atoms with Crippen molar-refractivity contribution in [3.63, 3.8) is 0 Å². The van der Waals surface area contributed by atoms with Crippen LogP contribution in [0.2, 0.25) is 0 Å². The first-order chi connectivity index (χ1) is 10.2. The van der Waals surface area contributed by atoms with E-state index in [9.17, 15) is 13.6 Å². The van der Waals surface area contributed by atoms with Gasteiger partial charge in [0.1, 0.15) is 30.0 Å². The Kier molecular flexibility index (Phi) is 4.07. The first-order valence-corrected chi connectivity index (χ1v) is 7.98. The maximum absolute atomic E-state index is 13.8. The minimum Gasteiger partial charge on any atom is -0.287 e. The zero-order chi connectivity index (χ0) is 14.8. The number of ketones is 1. The van der Waals surface area contributed by atoms with Gasteiger partial charge in [-0.25, -0.2) is 18.4 Å². The molecule has 1 aromatic carbocycles. The number of carbonyl (C=O) groups excluding carboxylic acids is 1. The molecule has 0 saturated carbocycles. The van der Waals surface area contributed by atoms with Gasteiger partial charge in [-0.05, 0) is 12.1 Å². The Morgan fingerprint density at radius 3 is 2.62 bits per heavy atom. The molecular weight excluding hydrogens is 316 g/mol. The molecule has 0 aliphatic carbocycles. The molecule has 2 aromatic rings. The minimum absolute atomic E-state index is 0.178. The smallest absolute Gasteiger partial charge is 0.216 e. The molecule has 2 heterocycles. The number of carbonyl (C=O) groups is 1. The second kappa shape index (κ2) is 5.98. The van der Waals surface area contributed by atoms with Crippen molar-refractivity contribution in [3.8, 4) is 0 Å². The highest BCUT2D eigenvalue weighted by molar-refractivity contribution is 8.25. The number of rotatable bonds is 3. The van der Waals surface area contributed by atoms with Crippen molar-refractivity contribution in [1.29, 1.82) is 0 Å². The molecule has 0 amide bonds. The maximum Gasteiger partial charge on any atom is 0.216 e. The fraction of sp³-hybridized carbons (Fsp3) is 0.154. The number of nitrogens with zero attached hydrogens (tertiary/aromatic N) is 3. The van der Waals surface area contributed by atoms with Crippen LogP contribution in [-0.4, -0.2) is 32.1 Å². The quantitative estimate of drug-likeness (QED) is 0.641. The van der Waals surface area contributed by atoms with Gasteiger partial charge in [-0.2, -0.15) is 5.10 Å². The lowest BCUT2D eigenvalue weighted by Gasteiger charge is -2.10. The van der Waals surface area contributed by atoms with Crippen molar-refractivity contribution in [2.75, 3.05) is 11.5 Å². The second-order valence-corrected chi connectivity index (χ2v) is 6.60. The summed E-state index contributed by atoms with van der Waals surface area (Å²) in [7, 11) is 0. The SMILES string of the molecule is O=C(C(=C1SCCS1)n1cncn1)c1ccc(F)cc1F. The van der Waals surface area contributed by atoms with E-state index in [1.54, 1.807) is 0 Å². The molecule has 0 atom stereocenters. The number of benzene rings is 1. The van der Waals surface area contributed by atoms with Crippen molar-refractivity contribution in [2.45, 2.75) is 0 Å². The number of hydrogen-bond donors (Lipinski definition) is 0. The molecule has 1 fully saturated rings. The van der Waals surface area contributed by atoms with E-state index in [1.165, 1.54) is 40.9 Å². The highest BCUT2D eigenvalue weighted by atomic mass is 32.2. The summed E-state index contributed by atoms with van der Waals surface area (Å²) in [4.78, 5) is 16.4. The number of allylic oxidation sites excluding steroid dienone is 1. The van der Waals surface area contributed by atoms with Crippen LogP contribution >= 0.6 is 23.5 Å². The van der Waals surface area contributed by atoms with E-state index >= 15 is 0 Å². The fourth-order valence-electron chi connectivity index (χ4n) is 1.86. The third-order valence-electron chi connectivity index (χ3n) is 2.78. The Bertz CT molecular complexity index is 708. The van der Waals surface area contributed by atoms with Crippen LogP contribution in [0.5, 0.6) is 0 Å². The Hall–Kier alpha value is -1.67. The predicted molar refractivity (Wildman–Crippen MR) is 78.8 cm³/mol. The van der Waals surface area contributed by atoms with Crippen LogP contribution in [0, 0.1) is 11.6 Å². The van der Waals surface area contributed by atoms with E-state index in [2.05, 4.69) is 10.1 Å². The number of thioether (sulfide) groups is 2. The van der Waals surface area contributed by atoms with Gasteiger partial charge in [0.2, 0.25) is 5.78 Å². The van der Waals surface area contributed by atoms with E-state index in [0.717, 1.165) is 27.9 Å².